The summed E-state index contributed by atoms with van der Waals surface area (Å²) >= 11 is 1.04. The van der Waals surface area contributed by atoms with Crippen LogP contribution >= 0.6 is 11.8 Å². The van der Waals surface area contributed by atoms with Gasteiger partial charge in [-0.2, -0.15) is 13.2 Å². The Bertz CT molecular complexity index is 835. The molecule has 28 heavy (non-hydrogen) atoms. The first-order chi connectivity index (χ1) is 13.3. The monoisotopic (exact) mass is 410 g/mol. The van der Waals surface area contributed by atoms with Gasteiger partial charge in [-0.3, -0.25) is 9.59 Å². The van der Waals surface area contributed by atoms with Crippen LogP contribution in [-0.4, -0.2) is 29.3 Å². The number of halogens is 3. The standard InChI is InChI=1S/C20H21F3N2O2S/c21-20(22,23)13-7-8-16-14(10-13)24-19(27)17(28-16)11-18(26)25-9-3-5-12-4-1-2-6-15(12)25/h7-8,10-12,15H,1-6,9H2,(H,24,27)/b17-11-/t12-,15+/m0/s1. The summed E-state index contributed by atoms with van der Waals surface area (Å²) in [5, 5.41) is 2.49. The van der Waals surface area contributed by atoms with E-state index in [0.29, 0.717) is 17.4 Å². The number of amides is 2. The molecule has 1 saturated heterocycles. The number of carbonyl (C=O) groups excluding carboxylic acids is 2. The van der Waals surface area contributed by atoms with Crippen LogP contribution in [0.5, 0.6) is 0 Å². The summed E-state index contributed by atoms with van der Waals surface area (Å²) in [5.41, 5.74) is -0.688. The Labute approximate surface area is 165 Å². The number of likely N-dealkylation sites (tertiary alicyclic amines) is 1. The van der Waals surface area contributed by atoms with E-state index >= 15 is 0 Å². The molecule has 1 aliphatic carbocycles. The topological polar surface area (TPSA) is 49.4 Å². The van der Waals surface area contributed by atoms with Crippen LogP contribution in [0.15, 0.2) is 34.1 Å². The lowest BCUT2D eigenvalue weighted by Crippen LogP contribution is -2.49. The molecule has 4 rings (SSSR count). The molecule has 2 amide bonds. The molecule has 0 bridgehead atoms. The van der Waals surface area contributed by atoms with Gasteiger partial charge in [-0.05, 0) is 49.8 Å². The Hall–Kier alpha value is -1.96. The molecule has 2 aliphatic heterocycles. The van der Waals surface area contributed by atoms with Crippen LogP contribution in [0.1, 0.15) is 44.1 Å². The van der Waals surface area contributed by atoms with E-state index in [2.05, 4.69) is 5.32 Å². The third-order valence-electron chi connectivity index (χ3n) is 5.78. The van der Waals surface area contributed by atoms with Crippen LogP contribution in [0.3, 0.4) is 0 Å². The number of rotatable bonds is 1. The maximum Gasteiger partial charge on any atom is 0.416 e. The zero-order valence-corrected chi connectivity index (χ0v) is 16.0. The summed E-state index contributed by atoms with van der Waals surface area (Å²) in [7, 11) is 0. The summed E-state index contributed by atoms with van der Waals surface area (Å²) in [4.78, 5) is 27.8. The first-order valence-electron chi connectivity index (χ1n) is 9.55. The number of nitrogens with one attached hydrogen (secondary N) is 1. The number of thioether (sulfide) groups is 1. The van der Waals surface area contributed by atoms with Crippen LogP contribution < -0.4 is 5.32 Å². The minimum Gasteiger partial charge on any atom is -0.336 e. The van der Waals surface area contributed by atoms with Crippen molar-refractivity contribution in [3.8, 4) is 0 Å². The van der Waals surface area contributed by atoms with Crippen LogP contribution in [0.25, 0.3) is 0 Å². The molecule has 2 fully saturated rings. The van der Waals surface area contributed by atoms with Crippen molar-refractivity contribution in [2.75, 3.05) is 11.9 Å². The molecule has 0 spiro atoms. The van der Waals surface area contributed by atoms with E-state index in [1.54, 1.807) is 0 Å². The fourth-order valence-corrected chi connectivity index (χ4v) is 5.33. The predicted molar refractivity (Wildman–Crippen MR) is 101 cm³/mol. The molecule has 0 unspecified atom stereocenters. The molecule has 2 heterocycles. The molecule has 1 N–H and O–H groups in total. The lowest BCUT2D eigenvalue weighted by atomic mass is 9.78. The molecule has 4 nitrogen and oxygen atoms in total. The van der Waals surface area contributed by atoms with E-state index < -0.39 is 17.6 Å². The van der Waals surface area contributed by atoms with E-state index in [1.165, 1.54) is 18.6 Å². The molecule has 1 aromatic rings. The van der Waals surface area contributed by atoms with E-state index in [9.17, 15) is 22.8 Å². The van der Waals surface area contributed by atoms with Crippen molar-refractivity contribution in [3.63, 3.8) is 0 Å². The van der Waals surface area contributed by atoms with E-state index in [0.717, 1.165) is 56.0 Å². The van der Waals surface area contributed by atoms with Crippen molar-refractivity contribution in [3.05, 3.63) is 34.7 Å². The second-order valence-electron chi connectivity index (χ2n) is 7.56. The Balaban J connectivity index is 1.54. The number of hydrogen-bond donors (Lipinski definition) is 1. The lowest BCUT2D eigenvalue weighted by Gasteiger charge is -2.43. The predicted octanol–water partition coefficient (Wildman–Crippen LogP) is 4.81. The third-order valence-corrected chi connectivity index (χ3v) is 6.88. The maximum absolute atomic E-state index is 12.9. The zero-order valence-electron chi connectivity index (χ0n) is 15.2. The summed E-state index contributed by atoms with van der Waals surface area (Å²) in [6, 6.07) is 3.49. The van der Waals surface area contributed by atoms with Gasteiger partial charge in [0.2, 0.25) is 5.91 Å². The van der Waals surface area contributed by atoms with Crippen LogP contribution in [0.4, 0.5) is 18.9 Å². The Morgan fingerprint density at radius 1 is 1.18 bits per heavy atom. The first kappa shape index (κ1) is 19.4. The average molecular weight is 410 g/mol. The number of hydrogen-bond acceptors (Lipinski definition) is 3. The molecule has 3 aliphatic rings. The summed E-state index contributed by atoms with van der Waals surface area (Å²) in [6.45, 7) is 0.696. The Morgan fingerprint density at radius 2 is 1.93 bits per heavy atom. The molecule has 2 atom stereocenters. The van der Waals surface area contributed by atoms with Gasteiger partial charge in [0.1, 0.15) is 0 Å². The fraction of sp³-hybridized carbons (Fsp3) is 0.500. The first-order valence-corrected chi connectivity index (χ1v) is 10.4. The quantitative estimate of drug-likeness (QED) is 0.676. The van der Waals surface area contributed by atoms with Crippen molar-refractivity contribution in [1.29, 1.82) is 0 Å². The minimum atomic E-state index is -4.47. The van der Waals surface area contributed by atoms with Gasteiger partial charge in [-0.25, -0.2) is 0 Å². The Morgan fingerprint density at radius 3 is 2.71 bits per heavy atom. The number of carbonyl (C=O) groups is 2. The van der Waals surface area contributed by atoms with Crippen molar-refractivity contribution < 1.29 is 22.8 Å². The Kier molecular flexibility index (Phi) is 5.16. The summed E-state index contributed by atoms with van der Waals surface area (Å²) in [6.07, 6.45) is 3.47. The molecular weight excluding hydrogens is 389 g/mol. The number of nitrogens with zero attached hydrogens (tertiary/aromatic N) is 1. The third kappa shape index (κ3) is 3.79. The fourth-order valence-electron chi connectivity index (χ4n) is 4.43. The van der Waals surface area contributed by atoms with Gasteiger partial charge >= 0.3 is 6.18 Å². The summed E-state index contributed by atoms with van der Waals surface area (Å²) < 4.78 is 38.6. The lowest BCUT2D eigenvalue weighted by molar-refractivity contribution is -0.137. The number of benzene rings is 1. The molecule has 0 aromatic heterocycles. The van der Waals surface area contributed by atoms with Crippen LogP contribution in [0, 0.1) is 5.92 Å². The highest BCUT2D eigenvalue weighted by molar-refractivity contribution is 8.04. The highest BCUT2D eigenvalue weighted by Crippen LogP contribution is 2.42. The van der Waals surface area contributed by atoms with E-state index in [1.807, 2.05) is 4.90 Å². The molecular formula is C20H21F3N2O2S. The summed E-state index contributed by atoms with van der Waals surface area (Å²) in [5.74, 6) is -0.175. The van der Waals surface area contributed by atoms with Gasteiger partial charge in [0.05, 0.1) is 16.2 Å². The zero-order chi connectivity index (χ0) is 19.9. The van der Waals surface area contributed by atoms with Crippen molar-refractivity contribution in [2.45, 2.75) is 55.6 Å². The highest BCUT2D eigenvalue weighted by Gasteiger charge is 2.36. The highest BCUT2D eigenvalue weighted by atomic mass is 32.2. The van der Waals surface area contributed by atoms with E-state index in [4.69, 9.17) is 0 Å². The van der Waals surface area contributed by atoms with Gasteiger partial charge in [0.25, 0.3) is 5.91 Å². The SMILES string of the molecule is O=C1Nc2cc(C(F)(F)F)ccc2S/C1=C\C(=O)N1CCC[C@@H]2CCCC[C@H]21. The van der Waals surface area contributed by atoms with Crippen LogP contribution in [0.2, 0.25) is 0 Å². The second kappa shape index (κ2) is 7.46. The smallest absolute Gasteiger partial charge is 0.336 e. The van der Waals surface area contributed by atoms with Gasteiger partial charge in [0, 0.05) is 23.6 Å². The van der Waals surface area contributed by atoms with Crippen molar-refractivity contribution in [2.24, 2.45) is 5.92 Å². The molecule has 150 valence electrons. The number of alkyl halides is 3. The molecule has 1 aromatic carbocycles. The van der Waals surface area contributed by atoms with Gasteiger partial charge in [-0.15, -0.1) is 0 Å². The van der Waals surface area contributed by atoms with Gasteiger partial charge in [-0.1, -0.05) is 24.6 Å². The normalized spacial score (nSPS) is 26.5. The number of piperidine rings is 1. The van der Waals surface area contributed by atoms with Crippen LogP contribution in [-0.2, 0) is 15.8 Å². The minimum absolute atomic E-state index is 0.125. The second-order valence-corrected chi connectivity index (χ2v) is 8.64. The maximum atomic E-state index is 12.9. The molecule has 0 radical (unpaired) electrons. The average Bonchev–Trinajstić information content (AvgIpc) is 2.67. The van der Waals surface area contributed by atoms with Gasteiger partial charge in [0.15, 0.2) is 0 Å². The largest absolute Gasteiger partial charge is 0.416 e. The molecule has 1 saturated carbocycles. The van der Waals surface area contributed by atoms with Crippen molar-refractivity contribution >= 4 is 29.3 Å². The van der Waals surface area contributed by atoms with E-state index in [-0.39, 0.29) is 22.5 Å². The number of fused-ring (bicyclic) bond motifs is 2. The van der Waals surface area contributed by atoms with Crippen molar-refractivity contribution in [1.82, 2.24) is 4.90 Å². The number of anilines is 1. The van der Waals surface area contributed by atoms with Gasteiger partial charge < -0.3 is 10.2 Å². The molecule has 8 heteroatoms.